The lowest BCUT2D eigenvalue weighted by Gasteiger charge is -2.08. The van der Waals surface area contributed by atoms with E-state index in [1.165, 1.54) is 11.8 Å². The number of halogens is 1. The molecule has 0 aliphatic carbocycles. The van der Waals surface area contributed by atoms with Gasteiger partial charge in [0.2, 0.25) is 5.78 Å². The maximum atomic E-state index is 13.3. The molecule has 8 heteroatoms. The molecule has 0 aliphatic heterocycles. The van der Waals surface area contributed by atoms with E-state index in [1.54, 1.807) is 49.9 Å². The van der Waals surface area contributed by atoms with E-state index in [1.807, 2.05) is 78.9 Å². The third-order valence-electron chi connectivity index (χ3n) is 5.91. The Morgan fingerprint density at radius 2 is 1.27 bits per heavy atom. The monoisotopic (exact) mass is 601 g/mol. The van der Waals surface area contributed by atoms with Crippen LogP contribution in [0.15, 0.2) is 123 Å². The molecule has 0 aliphatic rings. The normalized spacial score (nSPS) is 11.4. The molecule has 0 aromatic heterocycles. The van der Waals surface area contributed by atoms with Crippen molar-refractivity contribution in [1.82, 2.24) is 0 Å². The Kier molecular flexibility index (Phi) is 11.0. The molecule has 0 unspecified atom stereocenters. The molecule has 0 N–H and O–H groups in total. The Bertz CT molecular complexity index is 1520. The Morgan fingerprint density at radius 3 is 1.85 bits per heavy atom. The Morgan fingerprint density at radius 1 is 0.732 bits per heavy atom. The minimum Gasteiger partial charge on any atom is -0.318 e. The van der Waals surface area contributed by atoms with Gasteiger partial charge in [-0.1, -0.05) is 72.7 Å². The highest BCUT2D eigenvalue weighted by Crippen LogP contribution is 2.29. The summed E-state index contributed by atoms with van der Waals surface area (Å²) in [6.07, 6.45) is 0.321. The average molecular weight is 602 g/mol. The number of rotatable bonds is 12. The van der Waals surface area contributed by atoms with Gasteiger partial charge in [0.05, 0.1) is 5.92 Å². The molecule has 41 heavy (non-hydrogen) atoms. The van der Waals surface area contributed by atoms with Gasteiger partial charge in [0, 0.05) is 48.6 Å². The Balaban J connectivity index is 1.41. The fraction of sp³-hybridized carbons (Fsp3) is 0.152. The standard InChI is InChI=1S/C33H28ClNO4S2/c1-22(2)33(38)39-35-30(20-21-40-27-18-12-26(34)13-19-27)32(37)25-10-16-29(17-11-25)41-28-14-8-24(9-15-28)31(36)23-6-4-3-5-7-23/h3-19,22H,20-21H2,1-2H3/b35-30+. The lowest BCUT2D eigenvalue weighted by Crippen LogP contribution is -2.18. The first kappa shape index (κ1) is 30.3. The molecule has 4 rings (SSSR count). The van der Waals surface area contributed by atoms with Crippen LogP contribution in [0.25, 0.3) is 0 Å². The SMILES string of the molecule is CC(C)C(=O)O/N=C(\CCSc1ccc(Cl)cc1)C(=O)c1ccc(Sc2ccc(C(=O)c3ccccc3)cc2)cc1. The zero-order valence-corrected chi connectivity index (χ0v) is 25.0. The average Bonchev–Trinajstić information content (AvgIpc) is 3.00. The van der Waals surface area contributed by atoms with E-state index >= 15 is 0 Å². The Labute approximate surface area is 253 Å². The molecule has 208 valence electrons. The van der Waals surface area contributed by atoms with Crippen LogP contribution < -0.4 is 0 Å². The van der Waals surface area contributed by atoms with E-state index in [0.29, 0.717) is 33.9 Å². The van der Waals surface area contributed by atoms with Crippen LogP contribution in [0.4, 0.5) is 0 Å². The Hall–Kier alpha value is -3.65. The molecular weight excluding hydrogens is 574 g/mol. The van der Waals surface area contributed by atoms with E-state index < -0.39 is 5.97 Å². The predicted octanol–water partition coefficient (Wildman–Crippen LogP) is 8.64. The molecule has 0 radical (unpaired) electrons. The number of oxime groups is 1. The summed E-state index contributed by atoms with van der Waals surface area (Å²) in [7, 11) is 0. The fourth-order valence-electron chi connectivity index (χ4n) is 3.61. The van der Waals surface area contributed by atoms with Crippen molar-refractivity contribution in [2.45, 2.75) is 35.0 Å². The van der Waals surface area contributed by atoms with Crippen molar-refractivity contribution in [1.29, 1.82) is 0 Å². The van der Waals surface area contributed by atoms with Crippen molar-refractivity contribution < 1.29 is 19.2 Å². The van der Waals surface area contributed by atoms with E-state index in [2.05, 4.69) is 5.16 Å². The minimum absolute atomic E-state index is 0.0203. The van der Waals surface area contributed by atoms with Crippen molar-refractivity contribution in [3.8, 4) is 0 Å². The number of ketones is 2. The number of carbonyl (C=O) groups excluding carboxylic acids is 3. The topological polar surface area (TPSA) is 72.8 Å². The quantitative estimate of drug-likeness (QED) is 0.0532. The molecule has 0 bridgehead atoms. The van der Waals surface area contributed by atoms with Gasteiger partial charge in [-0.25, -0.2) is 4.79 Å². The van der Waals surface area contributed by atoms with E-state index in [4.69, 9.17) is 16.4 Å². The molecule has 0 saturated heterocycles. The first-order valence-electron chi connectivity index (χ1n) is 13.0. The summed E-state index contributed by atoms with van der Waals surface area (Å²) >= 11 is 9.05. The van der Waals surface area contributed by atoms with Gasteiger partial charge in [0.25, 0.3) is 0 Å². The van der Waals surface area contributed by atoms with Crippen LogP contribution in [0.2, 0.25) is 5.02 Å². The number of Topliss-reactive ketones (excluding diaryl/α,β-unsaturated/α-hetero) is 1. The van der Waals surface area contributed by atoms with Crippen LogP contribution >= 0.6 is 35.1 Å². The van der Waals surface area contributed by atoms with Gasteiger partial charge in [-0.3, -0.25) is 9.59 Å². The molecular formula is C33H28ClNO4S2. The van der Waals surface area contributed by atoms with Crippen LogP contribution in [-0.4, -0.2) is 29.0 Å². The molecule has 0 spiro atoms. The highest BCUT2D eigenvalue weighted by molar-refractivity contribution is 7.99. The van der Waals surface area contributed by atoms with E-state index in [-0.39, 0.29) is 23.2 Å². The summed E-state index contributed by atoms with van der Waals surface area (Å²) in [4.78, 5) is 46.0. The molecule has 0 fully saturated rings. The fourth-order valence-corrected chi connectivity index (χ4v) is 5.41. The van der Waals surface area contributed by atoms with Gasteiger partial charge in [-0.2, -0.15) is 0 Å². The zero-order valence-electron chi connectivity index (χ0n) is 22.6. The number of thioether (sulfide) groups is 1. The first-order valence-corrected chi connectivity index (χ1v) is 15.2. The van der Waals surface area contributed by atoms with Crippen molar-refractivity contribution in [3.63, 3.8) is 0 Å². The van der Waals surface area contributed by atoms with Crippen LogP contribution in [0.1, 0.15) is 46.5 Å². The van der Waals surface area contributed by atoms with Crippen molar-refractivity contribution >= 4 is 58.4 Å². The largest absolute Gasteiger partial charge is 0.337 e. The third-order valence-corrected chi connectivity index (χ3v) is 8.19. The highest BCUT2D eigenvalue weighted by Gasteiger charge is 2.18. The van der Waals surface area contributed by atoms with E-state index in [0.717, 1.165) is 14.7 Å². The van der Waals surface area contributed by atoms with Crippen molar-refractivity contribution in [2.24, 2.45) is 11.1 Å². The van der Waals surface area contributed by atoms with Crippen LogP contribution in [0.3, 0.4) is 0 Å². The summed E-state index contributed by atoms with van der Waals surface area (Å²) < 4.78 is 0. The summed E-state index contributed by atoms with van der Waals surface area (Å²) in [6.45, 7) is 3.42. The summed E-state index contributed by atoms with van der Waals surface area (Å²) in [5, 5.41) is 4.61. The number of benzene rings is 4. The summed E-state index contributed by atoms with van der Waals surface area (Å²) in [5.74, 6) is -0.599. The smallest absolute Gasteiger partial charge is 0.318 e. The minimum atomic E-state index is -0.496. The van der Waals surface area contributed by atoms with Crippen LogP contribution in [0.5, 0.6) is 0 Å². The van der Waals surface area contributed by atoms with Crippen LogP contribution in [0, 0.1) is 5.92 Å². The van der Waals surface area contributed by atoms with E-state index in [9.17, 15) is 14.4 Å². The number of hydrogen-bond donors (Lipinski definition) is 0. The maximum absolute atomic E-state index is 13.3. The van der Waals surface area contributed by atoms with Gasteiger partial charge in [-0.15, -0.1) is 11.8 Å². The predicted molar refractivity (Wildman–Crippen MR) is 166 cm³/mol. The second-order valence-corrected chi connectivity index (χ2v) is 12.1. The number of nitrogens with zero attached hydrogens (tertiary/aromatic N) is 1. The molecule has 0 atom stereocenters. The highest BCUT2D eigenvalue weighted by atomic mass is 35.5. The lowest BCUT2D eigenvalue weighted by atomic mass is 10.0. The summed E-state index contributed by atoms with van der Waals surface area (Å²) in [6, 6.07) is 31.3. The number of carbonyl (C=O) groups is 3. The third kappa shape index (κ3) is 8.92. The molecule has 5 nitrogen and oxygen atoms in total. The van der Waals surface area contributed by atoms with Crippen molar-refractivity contribution in [2.75, 3.05) is 5.75 Å². The second-order valence-electron chi connectivity index (χ2n) is 9.33. The van der Waals surface area contributed by atoms with Gasteiger partial charge >= 0.3 is 5.97 Å². The van der Waals surface area contributed by atoms with Gasteiger partial charge in [0.15, 0.2) is 5.78 Å². The van der Waals surface area contributed by atoms with Gasteiger partial charge in [-0.05, 0) is 72.8 Å². The van der Waals surface area contributed by atoms with Gasteiger partial charge < -0.3 is 4.84 Å². The van der Waals surface area contributed by atoms with Gasteiger partial charge in [0.1, 0.15) is 5.71 Å². The molecule has 4 aromatic carbocycles. The number of hydrogen-bond acceptors (Lipinski definition) is 7. The molecule has 0 amide bonds. The lowest BCUT2D eigenvalue weighted by molar-refractivity contribution is -0.147. The summed E-state index contributed by atoms with van der Waals surface area (Å²) in [5.41, 5.74) is 1.91. The molecule has 0 saturated carbocycles. The maximum Gasteiger partial charge on any atom is 0.337 e. The molecule has 0 heterocycles. The molecule has 4 aromatic rings. The zero-order chi connectivity index (χ0) is 29.2. The van der Waals surface area contributed by atoms with Crippen LogP contribution in [-0.2, 0) is 9.63 Å². The first-order chi connectivity index (χ1) is 19.8. The van der Waals surface area contributed by atoms with Crippen molar-refractivity contribution in [3.05, 3.63) is 125 Å². The second kappa shape index (κ2) is 14.8.